The number of benzene rings is 1. The molecule has 0 radical (unpaired) electrons. The summed E-state index contributed by atoms with van der Waals surface area (Å²) >= 11 is 0. The molecule has 17 heavy (non-hydrogen) atoms. The molecule has 0 fully saturated rings. The largest absolute Gasteiger partial charge is 0.395 e. The van der Waals surface area contributed by atoms with Crippen molar-refractivity contribution in [3.63, 3.8) is 0 Å². The number of aliphatic hydroxyl groups is 1. The smallest absolute Gasteiger partial charge is 0.150 e. The van der Waals surface area contributed by atoms with Crippen LogP contribution in [0.15, 0.2) is 47.1 Å². The first-order chi connectivity index (χ1) is 8.38. The van der Waals surface area contributed by atoms with Crippen molar-refractivity contribution in [3.05, 3.63) is 53.9 Å². The highest BCUT2D eigenvalue weighted by molar-refractivity contribution is 5.14. The highest BCUT2D eigenvalue weighted by Gasteiger charge is 2.08. The van der Waals surface area contributed by atoms with Gasteiger partial charge in [0.25, 0.3) is 0 Å². The van der Waals surface area contributed by atoms with Crippen molar-refractivity contribution in [3.8, 4) is 0 Å². The number of hydrogen-bond donors (Lipinski definition) is 1. The first-order valence-electron chi connectivity index (χ1n) is 5.65. The van der Waals surface area contributed by atoms with E-state index in [9.17, 15) is 0 Å². The molecule has 1 heterocycles. The predicted molar refractivity (Wildman–Crippen MR) is 64.1 cm³/mol. The fourth-order valence-electron chi connectivity index (χ4n) is 1.74. The van der Waals surface area contributed by atoms with E-state index in [1.165, 1.54) is 5.56 Å². The Morgan fingerprint density at radius 1 is 1.12 bits per heavy atom. The van der Waals surface area contributed by atoms with Crippen molar-refractivity contribution in [1.82, 2.24) is 10.1 Å². The summed E-state index contributed by atoms with van der Waals surface area (Å²) in [5.41, 5.74) is 1.22. The maximum Gasteiger partial charge on any atom is 0.150 e. The van der Waals surface area contributed by atoms with Crippen LogP contribution in [-0.4, -0.2) is 28.3 Å². The van der Waals surface area contributed by atoms with E-state index in [-0.39, 0.29) is 6.61 Å². The molecule has 0 aliphatic rings. The summed E-state index contributed by atoms with van der Waals surface area (Å²) in [5.74, 6) is 0.814. The Morgan fingerprint density at radius 2 is 1.94 bits per heavy atom. The van der Waals surface area contributed by atoms with E-state index in [0.717, 1.165) is 12.3 Å². The van der Waals surface area contributed by atoms with Gasteiger partial charge in [-0.25, -0.2) is 0 Å². The van der Waals surface area contributed by atoms with E-state index >= 15 is 0 Å². The van der Waals surface area contributed by atoms with E-state index in [4.69, 9.17) is 9.63 Å². The summed E-state index contributed by atoms with van der Waals surface area (Å²) < 4.78 is 5.07. The van der Waals surface area contributed by atoms with Crippen LogP contribution in [0.25, 0.3) is 0 Å². The number of rotatable bonds is 6. The molecule has 1 aromatic heterocycles. The van der Waals surface area contributed by atoms with Gasteiger partial charge < -0.3 is 9.63 Å². The predicted octanol–water partition coefficient (Wildman–Crippen LogP) is 1.67. The fraction of sp³-hybridized carbons (Fsp3) is 0.308. The van der Waals surface area contributed by atoms with Crippen LogP contribution in [0.1, 0.15) is 11.3 Å². The lowest BCUT2D eigenvalue weighted by molar-refractivity contribution is 0.170. The molecule has 0 saturated carbocycles. The van der Waals surface area contributed by atoms with Gasteiger partial charge in [-0.15, -0.1) is 0 Å². The molecule has 0 saturated heterocycles. The van der Waals surface area contributed by atoms with Gasteiger partial charge in [0.05, 0.1) is 19.3 Å². The molecule has 2 rings (SSSR count). The Kier molecular flexibility index (Phi) is 4.30. The molecule has 0 aliphatic carbocycles. The van der Waals surface area contributed by atoms with Crippen molar-refractivity contribution in [2.24, 2.45) is 0 Å². The van der Waals surface area contributed by atoms with Crippen molar-refractivity contribution < 1.29 is 9.63 Å². The highest BCUT2D eigenvalue weighted by Crippen LogP contribution is 2.08. The first kappa shape index (κ1) is 11.8. The van der Waals surface area contributed by atoms with E-state index in [1.54, 1.807) is 6.20 Å². The average molecular weight is 232 g/mol. The van der Waals surface area contributed by atoms with E-state index in [1.807, 2.05) is 24.3 Å². The van der Waals surface area contributed by atoms with Crippen LogP contribution in [0.2, 0.25) is 0 Å². The van der Waals surface area contributed by atoms with Crippen molar-refractivity contribution >= 4 is 0 Å². The van der Waals surface area contributed by atoms with Crippen LogP contribution in [0.3, 0.4) is 0 Å². The Bertz CT molecular complexity index is 414. The minimum atomic E-state index is 0.140. The Hall–Kier alpha value is -1.65. The van der Waals surface area contributed by atoms with Crippen LogP contribution >= 0.6 is 0 Å². The molecule has 4 nitrogen and oxygen atoms in total. The van der Waals surface area contributed by atoms with Gasteiger partial charge in [-0.2, -0.15) is 0 Å². The molecule has 1 N–H and O–H groups in total. The monoisotopic (exact) mass is 232 g/mol. The summed E-state index contributed by atoms with van der Waals surface area (Å²) in [6.07, 6.45) is 1.63. The maximum absolute atomic E-state index is 9.06. The number of aromatic nitrogens is 1. The second-order valence-electron chi connectivity index (χ2n) is 3.90. The summed E-state index contributed by atoms with van der Waals surface area (Å²) in [5, 5.41) is 12.7. The minimum Gasteiger partial charge on any atom is -0.395 e. The lowest BCUT2D eigenvalue weighted by Gasteiger charge is -2.19. The van der Waals surface area contributed by atoms with Crippen molar-refractivity contribution in [2.45, 2.75) is 13.1 Å². The zero-order valence-electron chi connectivity index (χ0n) is 9.62. The zero-order chi connectivity index (χ0) is 11.9. The molecular weight excluding hydrogens is 216 g/mol. The summed E-state index contributed by atoms with van der Waals surface area (Å²) in [6, 6.07) is 12.0. The van der Waals surface area contributed by atoms with Crippen molar-refractivity contribution in [2.75, 3.05) is 13.2 Å². The average Bonchev–Trinajstić information content (AvgIpc) is 2.83. The van der Waals surface area contributed by atoms with E-state index in [2.05, 4.69) is 22.2 Å². The first-order valence-corrected chi connectivity index (χ1v) is 5.65. The molecule has 0 atom stereocenters. The van der Waals surface area contributed by atoms with Crippen LogP contribution in [0, 0.1) is 0 Å². The Balaban J connectivity index is 1.97. The second-order valence-corrected chi connectivity index (χ2v) is 3.90. The normalized spacial score (nSPS) is 10.9. The topological polar surface area (TPSA) is 49.5 Å². The minimum absolute atomic E-state index is 0.140. The number of nitrogens with zero attached hydrogens (tertiary/aromatic N) is 2. The van der Waals surface area contributed by atoms with Gasteiger partial charge in [-0.3, -0.25) is 4.90 Å². The third kappa shape index (κ3) is 3.69. The summed E-state index contributed by atoms with van der Waals surface area (Å²) in [7, 11) is 0. The fourth-order valence-corrected chi connectivity index (χ4v) is 1.74. The zero-order valence-corrected chi connectivity index (χ0v) is 9.62. The molecule has 90 valence electrons. The number of hydrogen-bond acceptors (Lipinski definition) is 4. The van der Waals surface area contributed by atoms with Crippen LogP contribution in [0.5, 0.6) is 0 Å². The summed E-state index contributed by atoms with van der Waals surface area (Å²) in [6.45, 7) is 2.22. The standard InChI is InChI=1S/C13H16N2O2/c16-9-8-15(11-13-6-7-14-17-13)10-12-4-2-1-3-5-12/h1-7,16H,8-11H2. The lowest BCUT2D eigenvalue weighted by atomic mass is 10.2. The van der Waals surface area contributed by atoms with E-state index in [0.29, 0.717) is 13.1 Å². The van der Waals surface area contributed by atoms with Crippen LogP contribution in [0.4, 0.5) is 0 Å². The van der Waals surface area contributed by atoms with Gasteiger partial charge in [-0.1, -0.05) is 35.5 Å². The molecule has 1 aromatic carbocycles. The molecule has 0 unspecified atom stereocenters. The lowest BCUT2D eigenvalue weighted by Crippen LogP contribution is -2.25. The van der Waals surface area contributed by atoms with Gasteiger partial charge in [0.15, 0.2) is 5.76 Å². The summed E-state index contributed by atoms with van der Waals surface area (Å²) in [4.78, 5) is 2.12. The third-order valence-corrected chi connectivity index (χ3v) is 2.54. The van der Waals surface area contributed by atoms with Gasteiger partial charge in [-0.05, 0) is 5.56 Å². The molecule has 0 amide bonds. The highest BCUT2D eigenvalue weighted by atomic mass is 16.5. The van der Waals surface area contributed by atoms with Gasteiger partial charge >= 0.3 is 0 Å². The molecule has 2 aromatic rings. The van der Waals surface area contributed by atoms with Gasteiger partial charge in [0, 0.05) is 19.2 Å². The van der Waals surface area contributed by atoms with Crippen LogP contribution < -0.4 is 0 Å². The van der Waals surface area contributed by atoms with Crippen molar-refractivity contribution in [1.29, 1.82) is 0 Å². The van der Waals surface area contributed by atoms with Crippen LogP contribution in [-0.2, 0) is 13.1 Å². The molecule has 4 heteroatoms. The number of aliphatic hydroxyl groups excluding tert-OH is 1. The quantitative estimate of drug-likeness (QED) is 0.823. The second kappa shape index (κ2) is 6.18. The Morgan fingerprint density at radius 3 is 2.59 bits per heavy atom. The molecular formula is C13H16N2O2. The third-order valence-electron chi connectivity index (χ3n) is 2.54. The van der Waals surface area contributed by atoms with E-state index < -0.39 is 0 Å². The van der Waals surface area contributed by atoms with Gasteiger partial charge in [0.2, 0.25) is 0 Å². The molecule has 0 bridgehead atoms. The SMILES string of the molecule is OCCN(Cc1ccccc1)Cc1ccno1. The van der Waals surface area contributed by atoms with Gasteiger partial charge in [0.1, 0.15) is 0 Å². The maximum atomic E-state index is 9.06. The molecule has 0 aliphatic heterocycles. The molecule has 0 spiro atoms. The Labute approximate surface area is 100 Å².